The molecule has 5 heteroatoms. The van der Waals surface area contributed by atoms with Gasteiger partial charge < -0.3 is 0 Å². The number of hydrogen-bond acceptors (Lipinski definition) is 4. The van der Waals surface area contributed by atoms with Crippen LogP contribution in [-0.4, -0.2) is 44.2 Å². The average Bonchev–Trinajstić information content (AvgIpc) is 3.28. The Labute approximate surface area is 131 Å². The molecule has 0 bridgehead atoms. The van der Waals surface area contributed by atoms with Gasteiger partial charge in [-0.2, -0.15) is 5.10 Å². The Morgan fingerprint density at radius 1 is 1.14 bits per heavy atom. The second-order valence-electron chi connectivity index (χ2n) is 6.56. The lowest BCUT2D eigenvalue weighted by Gasteiger charge is -2.35. The Hall–Kier alpha value is -1.75. The fraction of sp³-hybridized carbons (Fsp3) is 0.588. The summed E-state index contributed by atoms with van der Waals surface area (Å²) in [6.45, 7) is 2.39. The standard InChI is InChI=1S/C17H23N5/c1-2-8-15(7-1)22-10-4-6-14(12-22)17-19-16(20-21-17)13-5-3-9-18-11-13/h3,5,9,11,14-15H,1-2,4,6-8,10,12H2,(H,19,20,21)/t14-/m1/s1. The Morgan fingerprint density at radius 2 is 2.05 bits per heavy atom. The van der Waals surface area contributed by atoms with Crippen molar-refractivity contribution in [2.45, 2.75) is 50.5 Å². The van der Waals surface area contributed by atoms with Crippen LogP contribution in [0.5, 0.6) is 0 Å². The van der Waals surface area contributed by atoms with E-state index in [2.05, 4.69) is 20.1 Å². The van der Waals surface area contributed by atoms with Crippen LogP contribution in [0.2, 0.25) is 0 Å². The highest BCUT2D eigenvalue weighted by Gasteiger charge is 2.30. The van der Waals surface area contributed by atoms with Crippen molar-refractivity contribution in [1.29, 1.82) is 0 Å². The lowest BCUT2D eigenvalue weighted by atomic mass is 9.95. The largest absolute Gasteiger partial charge is 0.300 e. The zero-order chi connectivity index (χ0) is 14.8. The first-order valence-electron chi connectivity index (χ1n) is 8.47. The number of rotatable bonds is 3. The number of hydrogen-bond donors (Lipinski definition) is 1. The molecule has 0 radical (unpaired) electrons. The molecule has 1 atom stereocenters. The third kappa shape index (κ3) is 2.77. The van der Waals surface area contributed by atoms with Crippen molar-refractivity contribution in [2.24, 2.45) is 0 Å². The molecule has 1 saturated heterocycles. The SMILES string of the molecule is c1cncc(-c2n[nH]c([C@@H]3CCCN(C4CCCC4)C3)n2)c1. The molecule has 0 unspecified atom stereocenters. The van der Waals surface area contributed by atoms with Crippen LogP contribution >= 0.6 is 0 Å². The molecule has 1 saturated carbocycles. The van der Waals surface area contributed by atoms with Crippen molar-refractivity contribution in [3.05, 3.63) is 30.4 Å². The summed E-state index contributed by atoms with van der Waals surface area (Å²) in [6.07, 6.45) is 11.6. The van der Waals surface area contributed by atoms with Gasteiger partial charge in [0.1, 0.15) is 5.82 Å². The number of pyridine rings is 1. The Balaban J connectivity index is 1.48. The maximum atomic E-state index is 4.73. The molecule has 2 aliphatic rings. The van der Waals surface area contributed by atoms with E-state index in [9.17, 15) is 0 Å². The van der Waals surface area contributed by atoms with E-state index in [0.29, 0.717) is 5.92 Å². The normalized spacial score (nSPS) is 23.9. The highest BCUT2D eigenvalue weighted by molar-refractivity contribution is 5.52. The number of likely N-dealkylation sites (tertiary alicyclic amines) is 1. The monoisotopic (exact) mass is 297 g/mol. The molecule has 5 nitrogen and oxygen atoms in total. The fourth-order valence-electron chi connectivity index (χ4n) is 3.91. The van der Waals surface area contributed by atoms with Crippen LogP contribution in [0, 0.1) is 0 Å². The number of aromatic amines is 1. The first kappa shape index (κ1) is 13.9. The third-order valence-corrected chi connectivity index (χ3v) is 5.10. The molecule has 0 aromatic carbocycles. The lowest BCUT2D eigenvalue weighted by molar-refractivity contribution is 0.147. The van der Waals surface area contributed by atoms with Gasteiger partial charge in [-0.15, -0.1) is 0 Å². The number of nitrogens with one attached hydrogen (secondary N) is 1. The third-order valence-electron chi connectivity index (χ3n) is 5.10. The molecule has 2 fully saturated rings. The molecular weight excluding hydrogens is 274 g/mol. The summed E-state index contributed by atoms with van der Waals surface area (Å²) in [5.41, 5.74) is 0.980. The second kappa shape index (κ2) is 6.16. The molecule has 0 amide bonds. The van der Waals surface area contributed by atoms with Gasteiger partial charge >= 0.3 is 0 Å². The minimum Gasteiger partial charge on any atom is -0.300 e. The molecule has 22 heavy (non-hydrogen) atoms. The highest BCUT2D eigenvalue weighted by Crippen LogP contribution is 2.31. The molecule has 2 aromatic heterocycles. The van der Waals surface area contributed by atoms with Gasteiger partial charge in [-0.1, -0.05) is 12.8 Å². The van der Waals surface area contributed by atoms with E-state index in [1.54, 1.807) is 6.20 Å². The van der Waals surface area contributed by atoms with Crippen molar-refractivity contribution in [2.75, 3.05) is 13.1 Å². The van der Waals surface area contributed by atoms with Crippen molar-refractivity contribution < 1.29 is 0 Å². The van der Waals surface area contributed by atoms with Crippen molar-refractivity contribution in [3.8, 4) is 11.4 Å². The lowest BCUT2D eigenvalue weighted by Crippen LogP contribution is -2.40. The highest BCUT2D eigenvalue weighted by atomic mass is 15.2. The van der Waals surface area contributed by atoms with Gasteiger partial charge in [-0.25, -0.2) is 4.98 Å². The predicted molar refractivity (Wildman–Crippen MR) is 85.4 cm³/mol. The first-order chi connectivity index (χ1) is 10.9. The van der Waals surface area contributed by atoms with Crippen molar-refractivity contribution >= 4 is 0 Å². The van der Waals surface area contributed by atoms with Gasteiger partial charge in [-0.3, -0.25) is 15.0 Å². The Morgan fingerprint density at radius 3 is 2.86 bits per heavy atom. The molecular formula is C17H23N5. The van der Waals surface area contributed by atoms with E-state index < -0.39 is 0 Å². The van der Waals surface area contributed by atoms with E-state index in [-0.39, 0.29) is 0 Å². The zero-order valence-electron chi connectivity index (χ0n) is 12.9. The number of H-pyrrole nitrogens is 1. The van der Waals surface area contributed by atoms with E-state index in [4.69, 9.17) is 4.98 Å². The minimum atomic E-state index is 0.493. The quantitative estimate of drug-likeness (QED) is 0.946. The van der Waals surface area contributed by atoms with Gasteiger partial charge in [0, 0.05) is 36.5 Å². The molecule has 4 rings (SSSR count). The molecule has 2 aromatic rings. The maximum absolute atomic E-state index is 4.73. The molecule has 0 spiro atoms. The minimum absolute atomic E-state index is 0.493. The maximum Gasteiger partial charge on any atom is 0.182 e. The Kier molecular flexibility index (Phi) is 3.89. The first-order valence-corrected chi connectivity index (χ1v) is 8.47. The number of nitrogens with zero attached hydrogens (tertiary/aromatic N) is 4. The van der Waals surface area contributed by atoms with Crippen LogP contribution in [0.25, 0.3) is 11.4 Å². The van der Waals surface area contributed by atoms with E-state index in [1.807, 2.05) is 18.3 Å². The summed E-state index contributed by atoms with van der Waals surface area (Å²) >= 11 is 0. The van der Waals surface area contributed by atoms with Gasteiger partial charge in [0.15, 0.2) is 5.82 Å². The number of piperidine rings is 1. The summed E-state index contributed by atoms with van der Waals surface area (Å²) in [4.78, 5) is 11.6. The van der Waals surface area contributed by atoms with Gasteiger partial charge in [-0.05, 0) is 44.4 Å². The van der Waals surface area contributed by atoms with Crippen LogP contribution in [0.3, 0.4) is 0 Å². The predicted octanol–water partition coefficient (Wildman–Crippen LogP) is 2.99. The van der Waals surface area contributed by atoms with Crippen LogP contribution in [-0.2, 0) is 0 Å². The van der Waals surface area contributed by atoms with Crippen molar-refractivity contribution in [1.82, 2.24) is 25.1 Å². The summed E-state index contributed by atoms with van der Waals surface area (Å²) in [6, 6.07) is 4.74. The summed E-state index contributed by atoms with van der Waals surface area (Å²) in [5, 5.41) is 7.56. The smallest absolute Gasteiger partial charge is 0.182 e. The Bertz CT molecular complexity index is 603. The average molecular weight is 297 g/mol. The second-order valence-corrected chi connectivity index (χ2v) is 6.56. The molecule has 1 aliphatic heterocycles. The number of aromatic nitrogens is 4. The van der Waals surface area contributed by atoms with Crippen LogP contribution in [0.4, 0.5) is 0 Å². The van der Waals surface area contributed by atoms with Gasteiger partial charge in [0.05, 0.1) is 0 Å². The molecule has 1 aliphatic carbocycles. The van der Waals surface area contributed by atoms with E-state index in [1.165, 1.54) is 45.1 Å². The zero-order valence-corrected chi connectivity index (χ0v) is 12.9. The van der Waals surface area contributed by atoms with Crippen LogP contribution in [0.1, 0.15) is 50.3 Å². The molecule has 3 heterocycles. The molecule has 116 valence electrons. The van der Waals surface area contributed by atoms with Crippen molar-refractivity contribution in [3.63, 3.8) is 0 Å². The van der Waals surface area contributed by atoms with Crippen LogP contribution < -0.4 is 0 Å². The van der Waals surface area contributed by atoms with Gasteiger partial charge in [0.2, 0.25) is 0 Å². The topological polar surface area (TPSA) is 57.7 Å². The van der Waals surface area contributed by atoms with Gasteiger partial charge in [0.25, 0.3) is 0 Å². The van der Waals surface area contributed by atoms with E-state index >= 15 is 0 Å². The van der Waals surface area contributed by atoms with E-state index in [0.717, 1.165) is 29.8 Å². The van der Waals surface area contributed by atoms with Crippen LogP contribution in [0.15, 0.2) is 24.5 Å². The summed E-state index contributed by atoms with van der Waals surface area (Å²) in [5.74, 6) is 2.30. The molecule has 1 N–H and O–H groups in total. The summed E-state index contributed by atoms with van der Waals surface area (Å²) in [7, 11) is 0. The fourth-order valence-corrected chi connectivity index (χ4v) is 3.91. The summed E-state index contributed by atoms with van der Waals surface area (Å²) < 4.78 is 0.